The number of ether oxygens (including phenoxy) is 1. The van der Waals surface area contributed by atoms with Gasteiger partial charge in [0.15, 0.2) is 0 Å². The van der Waals surface area contributed by atoms with Gasteiger partial charge in [-0.3, -0.25) is 9.59 Å². The molecule has 5 nitrogen and oxygen atoms in total. The third kappa shape index (κ3) is 3.98. The van der Waals surface area contributed by atoms with E-state index >= 15 is 0 Å². The smallest absolute Gasteiger partial charge is 0.408 e. The van der Waals surface area contributed by atoms with Crippen LogP contribution in [0.5, 0.6) is 0 Å². The standard InChI is InChI=1S/C25H17NO4/c27-23-20-11-5-4-10-19(20)22-15-17(12-13-21(22)24(23)28)9-6-14-26-25(29)30-16-18-7-2-1-3-8-18/h1-5,7-8,10-13,15H,14,16H2,(H,26,29). The number of nitrogens with one attached hydrogen (secondary N) is 1. The summed E-state index contributed by atoms with van der Waals surface area (Å²) >= 11 is 0. The Balaban J connectivity index is 1.41. The van der Waals surface area contributed by atoms with Crippen molar-refractivity contribution in [2.75, 3.05) is 6.54 Å². The summed E-state index contributed by atoms with van der Waals surface area (Å²) < 4.78 is 5.13. The highest BCUT2D eigenvalue weighted by molar-refractivity contribution is 6.53. The van der Waals surface area contributed by atoms with E-state index in [0.717, 1.165) is 11.1 Å². The van der Waals surface area contributed by atoms with Gasteiger partial charge in [-0.2, -0.15) is 0 Å². The van der Waals surface area contributed by atoms with E-state index in [-0.39, 0.29) is 13.2 Å². The lowest BCUT2D eigenvalue weighted by atomic mass is 9.83. The molecule has 0 aromatic heterocycles. The summed E-state index contributed by atoms with van der Waals surface area (Å²) in [5.74, 6) is 4.83. The zero-order valence-corrected chi connectivity index (χ0v) is 16.0. The quantitative estimate of drug-likeness (QED) is 0.537. The molecular weight excluding hydrogens is 378 g/mol. The molecule has 0 aliphatic heterocycles. The van der Waals surface area contributed by atoms with Crippen molar-refractivity contribution in [2.45, 2.75) is 6.61 Å². The highest BCUT2D eigenvalue weighted by atomic mass is 16.5. The first-order valence-corrected chi connectivity index (χ1v) is 9.39. The SMILES string of the molecule is O=C(NCC#Cc1ccc2c(c1)-c1ccccc1C(=O)C2=O)OCc1ccccc1. The van der Waals surface area contributed by atoms with Crippen molar-refractivity contribution in [3.05, 3.63) is 95.1 Å². The van der Waals surface area contributed by atoms with Crippen LogP contribution in [-0.2, 0) is 11.3 Å². The number of hydrogen-bond donors (Lipinski definition) is 1. The van der Waals surface area contributed by atoms with Crippen molar-refractivity contribution in [1.29, 1.82) is 0 Å². The molecule has 146 valence electrons. The van der Waals surface area contributed by atoms with E-state index in [1.165, 1.54) is 0 Å². The summed E-state index contributed by atoms with van der Waals surface area (Å²) in [5, 5.41) is 2.58. The van der Waals surface area contributed by atoms with Crippen LogP contribution in [0, 0.1) is 11.8 Å². The van der Waals surface area contributed by atoms with E-state index in [1.807, 2.05) is 42.5 Å². The summed E-state index contributed by atoms with van der Waals surface area (Å²) in [7, 11) is 0. The van der Waals surface area contributed by atoms with Gasteiger partial charge in [-0.25, -0.2) is 4.79 Å². The Labute approximate surface area is 173 Å². The van der Waals surface area contributed by atoms with Crippen molar-refractivity contribution < 1.29 is 19.1 Å². The maximum atomic E-state index is 12.3. The molecule has 1 amide bonds. The van der Waals surface area contributed by atoms with Gasteiger partial charge in [0.1, 0.15) is 6.61 Å². The van der Waals surface area contributed by atoms with Gasteiger partial charge in [-0.05, 0) is 34.9 Å². The van der Waals surface area contributed by atoms with Gasteiger partial charge in [0.25, 0.3) is 0 Å². The molecule has 0 bridgehead atoms. The lowest BCUT2D eigenvalue weighted by Gasteiger charge is -2.17. The Morgan fingerprint density at radius 2 is 1.47 bits per heavy atom. The van der Waals surface area contributed by atoms with Gasteiger partial charge in [-0.1, -0.05) is 66.4 Å². The zero-order valence-electron chi connectivity index (χ0n) is 16.0. The monoisotopic (exact) mass is 395 g/mol. The van der Waals surface area contributed by atoms with Crippen LogP contribution < -0.4 is 5.32 Å². The third-order valence-corrected chi connectivity index (χ3v) is 4.70. The minimum absolute atomic E-state index is 0.124. The molecule has 5 heteroatoms. The Bertz CT molecular complexity index is 1200. The van der Waals surface area contributed by atoms with E-state index in [2.05, 4.69) is 17.2 Å². The number of rotatable bonds is 3. The van der Waals surface area contributed by atoms with Gasteiger partial charge in [0, 0.05) is 16.7 Å². The van der Waals surface area contributed by atoms with Crippen molar-refractivity contribution >= 4 is 17.7 Å². The highest BCUT2D eigenvalue weighted by Gasteiger charge is 2.29. The van der Waals surface area contributed by atoms with Gasteiger partial charge < -0.3 is 10.1 Å². The van der Waals surface area contributed by atoms with Crippen LogP contribution in [0.2, 0.25) is 0 Å². The van der Waals surface area contributed by atoms with E-state index in [1.54, 1.807) is 30.3 Å². The fraction of sp³-hybridized carbons (Fsp3) is 0.0800. The predicted octanol–water partition coefficient (Wildman–Crippen LogP) is 4.01. The number of carbonyl (C=O) groups excluding carboxylic acids is 3. The summed E-state index contributed by atoms with van der Waals surface area (Å²) in [6, 6.07) is 21.5. The van der Waals surface area contributed by atoms with Crippen molar-refractivity contribution in [3.8, 4) is 23.0 Å². The molecule has 0 saturated heterocycles. The molecule has 0 heterocycles. The number of fused-ring (bicyclic) bond motifs is 3. The molecule has 1 aliphatic carbocycles. The van der Waals surface area contributed by atoms with Gasteiger partial charge in [0.05, 0.1) is 6.54 Å². The number of carbonyl (C=O) groups is 3. The molecule has 3 aromatic rings. The maximum Gasteiger partial charge on any atom is 0.408 e. The second-order valence-corrected chi connectivity index (χ2v) is 6.68. The Kier molecular flexibility index (Phi) is 5.40. The van der Waals surface area contributed by atoms with Crippen LogP contribution in [-0.4, -0.2) is 24.2 Å². The first-order valence-electron chi connectivity index (χ1n) is 9.39. The van der Waals surface area contributed by atoms with Crippen LogP contribution in [0.1, 0.15) is 31.8 Å². The molecule has 0 radical (unpaired) electrons. The van der Waals surface area contributed by atoms with Crippen LogP contribution in [0.25, 0.3) is 11.1 Å². The number of Topliss-reactive ketones (excluding diaryl/α,β-unsaturated/α-hetero) is 2. The number of hydrogen-bond acceptors (Lipinski definition) is 4. The molecular formula is C25H17NO4. The van der Waals surface area contributed by atoms with Crippen LogP contribution in [0.4, 0.5) is 4.79 Å². The second kappa shape index (κ2) is 8.46. The molecule has 0 spiro atoms. The minimum atomic E-state index is -0.545. The van der Waals surface area contributed by atoms with Crippen molar-refractivity contribution in [3.63, 3.8) is 0 Å². The first kappa shape index (κ1) is 19.2. The normalized spacial score (nSPS) is 11.6. The predicted molar refractivity (Wildman–Crippen MR) is 112 cm³/mol. The van der Waals surface area contributed by atoms with E-state index in [0.29, 0.717) is 22.3 Å². The van der Waals surface area contributed by atoms with E-state index < -0.39 is 17.7 Å². The fourth-order valence-electron chi connectivity index (χ4n) is 3.24. The molecule has 4 rings (SSSR count). The molecule has 1 N–H and O–H groups in total. The molecule has 0 unspecified atom stereocenters. The van der Waals surface area contributed by atoms with Crippen molar-refractivity contribution in [2.24, 2.45) is 0 Å². The number of alkyl carbamates (subject to hydrolysis) is 1. The Morgan fingerprint density at radius 3 is 2.23 bits per heavy atom. The average Bonchev–Trinajstić information content (AvgIpc) is 2.79. The number of amides is 1. The van der Waals surface area contributed by atoms with Crippen molar-refractivity contribution in [1.82, 2.24) is 5.32 Å². The van der Waals surface area contributed by atoms with Crippen LogP contribution in [0.3, 0.4) is 0 Å². The average molecular weight is 395 g/mol. The summed E-state index contributed by atoms with van der Waals surface area (Å²) in [6.45, 7) is 0.315. The minimum Gasteiger partial charge on any atom is -0.445 e. The molecule has 3 aromatic carbocycles. The summed E-state index contributed by atoms with van der Waals surface area (Å²) in [4.78, 5) is 36.3. The third-order valence-electron chi connectivity index (χ3n) is 4.70. The number of ketones is 2. The van der Waals surface area contributed by atoms with Gasteiger partial charge >= 0.3 is 6.09 Å². The Morgan fingerprint density at radius 1 is 0.800 bits per heavy atom. The van der Waals surface area contributed by atoms with E-state index in [9.17, 15) is 14.4 Å². The molecule has 0 fully saturated rings. The molecule has 0 saturated carbocycles. The molecule has 30 heavy (non-hydrogen) atoms. The van der Waals surface area contributed by atoms with Crippen LogP contribution in [0.15, 0.2) is 72.8 Å². The highest BCUT2D eigenvalue weighted by Crippen LogP contribution is 2.33. The zero-order chi connectivity index (χ0) is 20.9. The van der Waals surface area contributed by atoms with Gasteiger partial charge in [0.2, 0.25) is 11.6 Å². The first-order chi connectivity index (χ1) is 14.6. The van der Waals surface area contributed by atoms with E-state index in [4.69, 9.17) is 4.74 Å². The lowest BCUT2D eigenvalue weighted by Crippen LogP contribution is -2.24. The lowest BCUT2D eigenvalue weighted by molar-refractivity contribution is 0.0815. The fourth-order valence-corrected chi connectivity index (χ4v) is 3.24. The number of benzene rings is 3. The van der Waals surface area contributed by atoms with Crippen LogP contribution >= 0.6 is 0 Å². The van der Waals surface area contributed by atoms with Gasteiger partial charge in [-0.15, -0.1) is 0 Å². The second-order valence-electron chi connectivity index (χ2n) is 6.68. The molecule has 1 aliphatic rings. The molecule has 0 atom stereocenters. The maximum absolute atomic E-state index is 12.3. The Hall–Kier alpha value is -4.17. The summed E-state index contributed by atoms with van der Waals surface area (Å²) in [5.41, 5.74) is 3.79. The largest absolute Gasteiger partial charge is 0.445 e. The summed E-state index contributed by atoms with van der Waals surface area (Å²) in [6.07, 6.45) is -0.545. The topological polar surface area (TPSA) is 72.5 Å².